The number of carbonyl (C=O) groups excluding carboxylic acids is 1. The molecule has 124 valence electrons. The first-order valence-electron chi connectivity index (χ1n) is 8.38. The maximum atomic E-state index is 12.4. The molecule has 3 aromatic rings. The van der Waals surface area contributed by atoms with Gasteiger partial charge in [-0.25, -0.2) is 0 Å². The SMILES string of the molecule is CC(=O)N(Cc1ccccc1)/C(=C\c1ccccc1)c1ccccc1. The number of benzene rings is 3. The standard InChI is InChI=1S/C23H21NO/c1-19(25)24(18-21-13-7-3-8-14-21)23(22-15-9-4-10-16-22)17-20-11-5-2-6-12-20/h2-17H,18H2,1H3/b23-17-. The van der Waals surface area contributed by atoms with Gasteiger partial charge in [0.15, 0.2) is 0 Å². The van der Waals surface area contributed by atoms with Gasteiger partial charge in [-0.05, 0) is 22.8 Å². The maximum absolute atomic E-state index is 12.4. The number of carbonyl (C=O) groups is 1. The second kappa shape index (κ2) is 8.11. The molecule has 3 rings (SSSR count). The van der Waals surface area contributed by atoms with E-state index in [2.05, 4.69) is 6.08 Å². The zero-order valence-corrected chi connectivity index (χ0v) is 14.3. The monoisotopic (exact) mass is 327 g/mol. The highest BCUT2D eigenvalue weighted by Gasteiger charge is 2.16. The number of nitrogens with zero attached hydrogens (tertiary/aromatic N) is 1. The first kappa shape index (κ1) is 16.7. The minimum Gasteiger partial charge on any atom is -0.308 e. The number of amides is 1. The molecule has 1 amide bonds. The first-order chi connectivity index (χ1) is 12.2. The molecule has 0 saturated carbocycles. The van der Waals surface area contributed by atoms with E-state index in [1.807, 2.05) is 95.9 Å². The molecular formula is C23H21NO. The van der Waals surface area contributed by atoms with Crippen LogP contribution in [0, 0.1) is 0 Å². The molecule has 3 aromatic carbocycles. The molecule has 0 saturated heterocycles. The Balaban J connectivity index is 2.05. The van der Waals surface area contributed by atoms with E-state index in [1.54, 1.807) is 6.92 Å². The molecule has 2 heteroatoms. The van der Waals surface area contributed by atoms with Gasteiger partial charge in [-0.2, -0.15) is 0 Å². The van der Waals surface area contributed by atoms with Gasteiger partial charge in [0.1, 0.15) is 0 Å². The molecule has 0 bridgehead atoms. The summed E-state index contributed by atoms with van der Waals surface area (Å²) < 4.78 is 0. The summed E-state index contributed by atoms with van der Waals surface area (Å²) in [5.74, 6) is 0.0230. The van der Waals surface area contributed by atoms with Gasteiger partial charge in [0, 0.05) is 6.92 Å². The Morgan fingerprint density at radius 2 is 1.32 bits per heavy atom. The lowest BCUT2D eigenvalue weighted by molar-refractivity contribution is -0.126. The Labute approximate surface area is 149 Å². The highest BCUT2D eigenvalue weighted by molar-refractivity contribution is 5.91. The van der Waals surface area contributed by atoms with E-state index in [9.17, 15) is 4.79 Å². The van der Waals surface area contributed by atoms with Gasteiger partial charge in [0.2, 0.25) is 5.91 Å². The second-order valence-electron chi connectivity index (χ2n) is 5.90. The quantitative estimate of drug-likeness (QED) is 0.587. The molecule has 0 aromatic heterocycles. The molecule has 0 unspecified atom stereocenters. The fraction of sp³-hybridized carbons (Fsp3) is 0.0870. The molecular weight excluding hydrogens is 306 g/mol. The molecule has 0 heterocycles. The van der Waals surface area contributed by atoms with Crippen molar-refractivity contribution in [2.45, 2.75) is 13.5 Å². The first-order valence-corrected chi connectivity index (χ1v) is 8.38. The molecule has 0 radical (unpaired) electrons. The third-order valence-electron chi connectivity index (χ3n) is 4.03. The largest absolute Gasteiger partial charge is 0.308 e. The summed E-state index contributed by atoms with van der Waals surface area (Å²) >= 11 is 0. The van der Waals surface area contributed by atoms with Crippen LogP contribution in [0.15, 0.2) is 91.0 Å². The average Bonchev–Trinajstić information content (AvgIpc) is 2.67. The van der Waals surface area contributed by atoms with Gasteiger partial charge in [-0.15, -0.1) is 0 Å². The fourth-order valence-electron chi connectivity index (χ4n) is 2.77. The predicted octanol–water partition coefficient (Wildman–Crippen LogP) is 5.23. The zero-order valence-electron chi connectivity index (χ0n) is 14.3. The Morgan fingerprint density at radius 1 is 0.800 bits per heavy atom. The van der Waals surface area contributed by atoms with Crippen LogP contribution in [0.4, 0.5) is 0 Å². The second-order valence-corrected chi connectivity index (χ2v) is 5.90. The molecule has 0 aliphatic heterocycles. The van der Waals surface area contributed by atoms with Crippen molar-refractivity contribution in [2.75, 3.05) is 0 Å². The number of hydrogen-bond donors (Lipinski definition) is 0. The molecule has 0 atom stereocenters. The van der Waals surface area contributed by atoms with E-state index in [0.29, 0.717) is 6.54 Å². The van der Waals surface area contributed by atoms with E-state index >= 15 is 0 Å². The summed E-state index contributed by atoms with van der Waals surface area (Å²) in [5.41, 5.74) is 4.11. The van der Waals surface area contributed by atoms with Crippen LogP contribution in [0.1, 0.15) is 23.6 Å². The Kier molecular flexibility index (Phi) is 5.43. The maximum Gasteiger partial charge on any atom is 0.224 e. The van der Waals surface area contributed by atoms with Crippen molar-refractivity contribution >= 4 is 17.7 Å². The zero-order chi connectivity index (χ0) is 17.5. The third-order valence-corrected chi connectivity index (χ3v) is 4.03. The third kappa shape index (κ3) is 4.45. The Morgan fingerprint density at radius 3 is 1.88 bits per heavy atom. The van der Waals surface area contributed by atoms with Gasteiger partial charge >= 0.3 is 0 Å². The summed E-state index contributed by atoms with van der Waals surface area (Å²) in [4.78, 5) is 14.3. The van der Waals surface area contributed by atoms with E-state index < -0.39 is 0 Å². The van der Waals surface area contributed by atoms with Crippen molar-refractivity contribution in [3.63, 3.8) is 0 Å². The molecule has 0 aliphatic rings. The van der Waals surface area contributed by atoms with Crippen LogP contribution in [-0.4, -0.2) is 10.8 Å². The number of rotatable bonds is 5. The van der Waals surface area contributed by atoms with Crippen LogP contribution in [0.2, 0.25) is 0 Å². The Hall–Kier alpha value is -3.13. The highest BCUT2D eigenvalue weighted by Crippen LogP contribution is 2.24. The molecule has 2 nitrogen and oxygen atoms in total. The van der Waals surface area contributed by atoms with Gasteiger partial charge in [0.25, 0.3) is 0 Å². The van der Waals surface area contributed by atoms with E-state index in [-0.39, 0.29) is 5.91 Å². The van der Waals surface area contributed by atoms with Crippen molar-refractivity contribution in [2.24, 2.45) is 0 Å². The topological polar surface area (TPSA) is 20.3 Å². The van der Waals surface area contributed by atoms with Gasteiger partial charge in [-0.1, -0.05) is 91.0 Å². The lowest BCUT2D eigenvalue weighted by Crippen LogP contribution is -2.26. The van der Waals surface area contributed by atoms with Crippen LogP contribution < -0.4 is 0 Å². The van der Waals surface area contributed by atoms with Crippen molar-refractivity contribution in [3.05, 3.63) is 108 Å². The fourth-order valence-corrected chi connectivity index (χ4v) is 2.77. The van der Waals surface area contributed by atoms with Crippen molar-refractivity contribution < 1.29 is 4.79 Å². The predicted molar refractivity (Wildman–Crippen MR) is 103 cm³/mol. The summed E-state index contributed by atoms with van der Waals surface area (Å²) in [7, 11) is 0. The van der Waals surface area contributed by atoms with Crippen LogP contribution in [0.25, 0.3) is 11.8 Å². The smallest absolute Gasteiger partial charge is 0.224 e. The molecule has 0 spiro atoms. The van der Waals surface area contributed by atoms with E-state index in [1.165, 1.54) is 0 Å². The van der Waals surface area contributed by atoms with Gasteiger partial charge in [0.05, 0.1) is 12.2 Å². The van der Waals surface area contributed by atoms with Crippen molar-refractivity contribution in [1.82, 2.24) is 4.90 Å². The summed E-state index contributed by atoms with van der Waals surface area (Å²) in [6.45, 7) is 2.16. The lowest BCUT2D eigenvalue weighted by atomic mass is 10.1. The summed E-state index contributed by atoms with van der Waals surface area (Å²) in [6, 6.07) is 30.2. The van der Waals surface area contributed by atoms with Crippen molar-refractivity contribution in [1.29, 1.82) is 0 Å². The molecule has 0 N–H and O–H groups in total. The van der Waals surface area contributed by atoms with E-state index in [4.69, 9.17) is 0 Å². The molecule has 0 aliphatic carbocycles. The van der Waals surface area contributed by atoms with Gasteiger partial charge < -0.3 is 4.90 Å². The molecule has 25 heavy (non-hydrogen) atoms. The normalized spacial score (nSPS) is 11.2. The Bertz CT molecular complexity index is 839. The van der Waals surface area contributed by atoms with E-state index in [0.717, 1.165) is 22.4 Å². The molecule has 0 fully saturated rings. The number of hydrogen-bond acceptors (Lipinski definition) is 1. The van der Waals surface area contributed by atoms with Crippen molar-refractivity contribution in [3.8, 4) is 0 Å². The highest BCUT2D eigenvalue weighted by atomic mass is 16.2. The minimum atomic E-state index is 0.0230. The van der Waals surface area contributed by atoms with Crippen LogP contribution >= 0.6 is 0 Å². The summed E-state index contributed by atoms with van der Waals surface area (Å²) in [6.07, 6.45) is 2.07. The van der Waals surface area contributed by atoms with Crippen LogP contribution in [0.3, 0.4) is 0 Å². The van der Waals surface area contributed by atoms with Crippen LogP contribution in [0.5, 0.6) is 0 Å². The lowest BCUT2D eigenvalue weighted by Gasteiger charge is -2.25. The van der Waals surface area contributed by atoms with Crippen LogP contribution in [-0.2, 0) is 11.3 Å². The average molecular weight is 327 g/mol. The van der Waals surface area contributed by atoms with Gasteiger partial charge in [-0.3, -0.25) is 4.79 Å². The summed E-state index contributed by atoms with van der Waals surface area (Å²) in [5, 5.41) is 0. The minimum absolute atomic E-state index is 0.0230.